The minimum Gasteiger partial charge on any atom is -0.308 e. The van der Waals surface area contributed by atoms with E-state index >= 15 is 0 Å². The molecule has 0 atom stereocenters. The quantitative estimate of drug-likeness (QED) is 0.307. The van der Waals surface area contributed by atoms with Gasteiger partial charge in [-0.2, -0.15) is 5.26 Å². The maximum Gasteiger partial charge on any atom is 0.101 e. The molecule has 0 bridgehead atoms. The zero-order valence-corrected chi connectivity index (χ0v) is 17.0. The van der Waals surface area contributed by atoms with Gasteiger partial charge >= 0.3 is 0 Å². The molecule has 0 aliphatic heterocycles. The number of rotatable bonds is 1. The second-order valence-corrected chi connectivity index (χ2v) is 8.57. The molecule has 6 rings (SSSR count). The molecule has 0 radical (unpaired) electrons. The molecule has 1 aromatic heterocycles. The third-order valence-corrected chi connectivity index (χ3v) is 6.64. The van der Waals surface area contributed by atoms with Crippen LogP contribution in [0, 0.1) is 11.3 Å². The molecule has 142 valence electrons. The van der Waals surface area contributed by atoms with Crippen LogP contribution in [0.25, 0.3) is 38.6 Å². The van der Waals surface area contributed by atoms with E-state index in [4.69, 9.17) is 0 Å². The van der Waals surface area contributed by atoms with Gasteiger partial charge in [-0.05, 0) is 52.6 Å². The average Bonchev–Trinajstić information content (AvgIpc) is 3.22. The summed E-state index contributed by atoms with van der Waals surface area (Å²) in [6, 6.07) is 32.2. The molecule has 0 saturated carbocycles. The highest BCUT2D eigenvalue weighted by atomic mass is 15.0. The summed E-state index contributed by atoms with van der Waals surface area (Å²) < 4.78 is 2.25. The Balaban J connectivity index is 1.80. The number of nitriles is 1. The fourth-order valence-corrected chi connectivity index (χ4v) is 5.19. The van der Waals surface area contributed by atoms with Crippen molar-refractivity contribution in [3.8, 4) is 22.9 Å². The highest BCUT2D eigenvalue weighted by Crippen LogP contribution is 2.50. The van der Waals surface area contributed by atoms with E-state index in [2.05, 4.69) is 85.1 Å². The summed E-state index contributed by atoms with van der Waals surface area (Å²) in [5, 5.41) is 12.2. The summed E-state index contributed by atoms with van der Waals surface area (Å²) in [5.74, 6) is 0. The Labute approximate surface area is 175 Å². The fourth-order valence-electron chi connectivity index (χ4n) is 5.19. The Hall–Kier alpha value is -3.83. The van der Waals surface area contributed by atoms with E-state index in [-0.39, 0.29) is 5.41 Å². The molecule has 0 saturated heterocycles. The van der Waals surface area contributed by atoms with E-state index < -0.39 is 0 Å². The third kappa shape index (κ3) is 2.07. The predicted molar refractivity (Wildman–Crippen MR) is 123 cm³/mol. The Morgan fingerprint density at radius 3 is 2.30 bits per heavy atom. The lowest BCUT2D eigenvalue weighted by molar-refractivity contribution is 0.661. The molecule has 4 aromatic carbocycles. The summed E-state index contributed by atoms with van der Waals surface area (Å²) in [5.41, 5.74) is 9.20. The Kier molecular flexibility index (Phi) is 3.32. The first-order valence-corrected chi connectivity index (χ1v) is 10.3. The Morgan fingerprint density at radius 2 is 1.43 bits per heavy atom. The highest BCUT2D eigenvalue weighted by molar-refractivity contribution is 6.11. The van der Waals surface area contributed by atoms with Crippen molar-refractivity contribution in [1.82, 2.24) is 4.57 Å². The zero-order valence-electron chi connectivity index (χ0n) is 17.0. The van der Waals surface area contributed by atoms with E-state index in [0.717, 1.165) is 16.7 Å². The maximum atomic E-state index is 9.75. The summed E-state index contributed by atoms with van der Waals surface area (Å²) in [6.45, 7) is 4.61. The number of hydrogen-bond donors (Lipinski definition) is 0. The second-order valence-electron chi connectivity index (χ2n) is 8.57. The van der Waals surface area contributed by atoms with Crippen molar-refractivity contribution in [2.24, 2.45) is 0 Å². The summed E-state index contributed by atoms with van der Waals surface area (Å²) in [4.78, 5) is 0. The molecule has 2 nitrogen and oxygen atoms in total. The minimum absolute atomic E-state index is 0.0594. The first kappa shape index (κ1) is 17.1. The maximum absolute atomic E-state index is 9.75. The lowest BCUT2D eigenvalue weighted by atomic mass is 9.82. The molecule has 2 heteroatoms. The molecule has 1 aliphatic rings. The van der Waals surface area contributed by atoms with Crippen molar-refractivity contribution in [2.75, 3.05) is 0 Å². The standard InChI is InChI=1S/C28H20N2/c1-28(2)23-12-6-4-10-19(23)21-15-22-20-11-5-8-14-26(20)30(27(22)16-24(21)28)25-13-7-3-9-18(25)17-29/h3-16H,1-2H3. The number of aromatic nitrogens is 1. The van der Waals surface area contributed by atoms with Gasteiger partial charge in [-0.3, -0.25) is 0 Å². The van der Waals surface area contributed by atoms with Crippen LogP contribution in [0.4, 0.5) is 0 Å². The molecule has 5 aromatic rings. The van der Waals surface area contributed by atoms with Gasteiger partial charge in [0, 0.05) is 16.2 Å². The smallest absolute Gasteiger partial charge is 0.101 e. The normalized spacial score (nSPS) is 13.9. The Morgan fingerprint density at radius 1 is 0.700 bits per heavy atom. The molecule has 1 aliphatic carbocycles. The van der Waals surface area contributed by atoms with Crippen molar-refractivity contribution in [3.63, 3.8) is 0 Å². The second kappa shape index (κ2) is 5.84. The largest absolute Gasteiger partial charge is 0.308 e. The third-order valence-electron chi connectivity index (χ3n) is 6.64. The lowest BCUT2D eigenvalue weighted by Crippen LogP contribution is -2.15. The lowest BCUT2D eigenvalue weighted by Gasteiger charge is -2.21. The van der Waals surface area contributed by atoms with Gasteiger partial charge in [0.05, 0.1) is 22.3 Å². The van der Waals surface area contributed by atoms with Gasteiger partial charge in [0.1, 0.15) is 6.07 Å². The van der Waals surface area contributed by atoms with Gasteiger partial charge in [-0.1, -0.05) is 68.4 Å². The van der Waals surface area contributed by atoms with E-state index in [0.29, 0.717) is 5.56 Å². The van der Waals surface area contributed by atoms with Crippen LogP contribution in [-0.2, 0) is 5.41 Å². The van der Waals surface area contributed by atoms with Crippen LogP contribution in [0.2, 0.25) is 0 Å². The average molecular weight is 384 g/mol. The minimum atomic E-state index is -0.0594. The first-order chi connectivity index (χ1) is 14.6. The van der Waals surface area contributed by atoms with Crippen LogP contribution < -0.4 is 0 Å². The van der Waals surface area contributed by atoms with E-state index in [1.807, 2.05) is 24.3 Å². The van der Waals surface area contributed by atoms with E-state index in [1.165, 1.54) is 33.0 Å². The van der Waals surface area contributed by atoms with Gasteiger partial charge < -0.3 is 4.57 Å². The van der Waals surface area contributed by atoms with Crippen LogP contribution >= 0.6 is 0 Å². The van der Waals surface area contributed by atoms with Crippen LogP contribution in [0.15, 0.2) is 84.9 Å². The summed E-state index contributed by atoms with van der Waals surface area (Å²) in [7, 11) is 0. The van der Waals surface area contributed by atoms with Gasteiger partial charge in [-0.15, -0.1) is 0 Å². The van der Waals surface area contributed by atoms with Crippen molar-refractivity contribution in [2.45, 2.75) is 19.3 Å². The molecule has 1 heterocycles. The number of nitrogens with zero attached hydrogens (tertiary/aromatic N) is 2. The molecule has 0 amide bonds. The molecular weight excluding hydrogens is 364 g/mol. The van der Waals surface area contributed by atoms with Gasteiger partial charge in [0.25, 0.3) is 0 Å². The van der Waals surface area contributed by atoms with Gasteiger partial charge in [0.15, 0.2) is 0 Å². The first-order valence-electron chi connectivity index (χ1n) is 10.3. The van der Waals surface area contributed by atoms with E-state index in [1.54, 1.807) is 0 Å². The molecular formula is C28H20N2. The van der Waals surface area contributed by atoms with Crippen molar-refractivity contribution >= 4 is 21.8 Å². The highest BCUT2D eigenvalue weighted by Gasteiger charge is 2.36. The molecule has 0 spiro atoms. The molecule has 0 unspecified atom stereocenters. The Bertz CT molecular complexity index is 1530. The predicted octanol–water partition coefficient (Wildman–Crippen LogP) is 6.96. The molecule has 30 heavy (non-hydrogen) atoms. The van der Waals surface area contributed by atoms with Crippen molar-refractivity contribution in [3.05, 3.63) is 102 Å². The number of fused-ring (bicyclic) bond motifs is 6. The number of benzene rings is 4. The number of para-hydroxylation sites is 2. The van der Waals surface area contributed by atoms with Crippen LogP contribution in [0.1, 0.15) is 30.5 Å². The van der Waals surface area contributed by atoms with E-state index in [9.17, 15) is 5.26 Å². The monoisotopic (exact) mass is 384 g/mol. The van der Waals surface area contributed by atoms with Crippen molar-refractivity contribution in [1.29, 1.82) is 5.26 Å². The zero-order chi connectivity index (χ0) is 20.5. The number of hydrogen-bond acceptors (Lipinski definition) is 1. The SMILES string of the molecule is CC1(C)c2ccccc2-c2cc3c4ccccc4n(-c4ccccc4C#N)c3cc21. The van der Waals surface area contributed by atoms with Crippen LogP contribution in [0.3, 0.4) is 0 Å². The molecule has 0 N–H and O–H groups in total. The van der Waals surface area contributed by atoms with Crippen LogP contribution in [-0.4, -0.2) is 4.57 Å². The van der Waals surface area contributed by atoms with Gasteiger partial charge in [-0.25, -0.2) is 0 Å². The molecule has 0 fully saturated rings. The van der Waals surface area contributed by atoms with Crippen molar-refractivity contribution < 1.29 is 0 Å². The van der Waals surface area contributed by atoms with Gasteiger partial charge in [0.2, 0.25) is 0 Å². The summed E-state index contributed by atoms with van der Waals surface area (Å²) in [6.07, 6.45) is 0. The topological polar surface area (TPSA) is 28.7 Å². The summed E-state index contributed by atoms with van der Waals surface area (Å²) >= 11 is 0. The fraction of sp³-hybridized carbons (Fsp3) is 0.107. The van der Waals surface area contributed by atoms with Crippen LogP contribution in [0.5, 0.6) is 0 Å².